The molecular formula is C22H26N2O4. The lowest BCUT2D eigenvalue weighted by Gasteiger charge is -2.36. The average Bonchev–Trinajstić information content (AvgIpc) is 2.77. The third-order valence-corrected chi connectivity index (χ3v) is 5.43. The van der Waals surface area contributed by atoms with Gasteiger partial charge in [0.1, 0.15) is 0 Å². The van der Waals surface area contributed by atoms with Crippen LogP contribution in [0, 0.1) is 0 Å². The first kappa shape index (κ1) is 18.8. The Labute approximate surface area is 165 Å². The van der Waals surface area contributed by atoms with E-state index in [1.54, 1.807) is 27.5 Å². The molecule has 28 heavy (non-hydrogen) atoms. The van der Waals surface area contributed by atoms with E-state index in [0.717, 1.165) is 36.5 Å². The fourth-order valence-electron chi connectivity index (χ4n) is 4.08. The largest absolute Gasteiger partial charge is 0.493 e. The van der Waals surface area contributed by atoms with E-state index in [1.807, 2.05) is 6.07 Å². The van der Waals surface area contributed by atoms with Gasteiger partial charge in [0.15, 0.2) is 11.5 Å². The number of fused-ring (bicyclic) bond motifs is 1. The second-order valence-corrected chi connectivity index (χ2v) is 6.98. The minimum Gasteiger partial charge on any atom is -0.493 e. The van der Waals surface area contributed by atoms with Crippen LogP contribution in [0.2, 0.25) is 0 Å². The molecule has 1 aromatic carbocycles. The molecule has 0 aliphatic carbocycles. The smallest absolute Gasteiger partial charge is 0.217 e. The van der Waals surface area contributed by atoms with Gasteiger partial charge in [0.2, 0.25) is 5.88 Å². The number of ether oxygens (including phenoxy) is 4. The van der Waals surface area contributed by atoms with Crippen LogP contribution >= 0.6 is 0 Å². The Bertz CT molecular complexity index is 881. The van der Waals surface area contributed by atoms with Crippen molar-refractivity contribution in [2.24, 2.45) is 0 Å². The van der Waals surface area contributed by atoms with Crippen LogP contribution in [0.5, 0.6) is 17.4 Å². The van der Waals surface area contributed by atoms with E-state index >= 15 is 0 Å². The highest BCUT2D eigenvalue weighted by Gasteiger charge is 2.33. The van der Waals surface area contributed by atoms with Crippen molar-refractivity contribution < 1.29 is 18.9 Å². The van der Waals surface area contributed by atoms with Gasteiger partial charge in [-0.15, -0.1) is 0 Å². The van der Waals surface area contributed by atoms with Crippen molar-refractivity contribution in [1.82, 2.24) is 10.3 Å². The maximum absolute atomic E-state index is 5.74. The average molecular weight is 382 g/mol. The van der Waals surface area contributed by atoms with E-state index in [1.165, 1.54) is 16.7 Å². The zero-order chi connectivity index (χ0) is 19.5. The molecule has 0 unspecified atom stereocenters. The molecule has 4 rings (SSSR count). The third kappa shape index (κ3) is 3.45. The second-order valence-electron chi connectivity index (χ2n) is 6.98. The highest BCUT2D eigenvalue weighted by Crippen LogP contribution is 2.42. The number of pyridine rings is 1. The molecule has 2 aromatic rings. The summed E-state index contributed by atoms with van der Waals surface area (Å²) >= 11 is 0. The Morgan fingerprint density at radius 3 is 2.61 bits per heavy atom. The van der Waals surface area contributed by atoms with Crippen molar-refractivity contribution in [2.75, 3.05) is 34.5 Å². The minimum absolute atomic E-state index is 0.0405. The number of hydrogen-bond donors (Lipinski definition) is 1. The lowest BCUT2D eigenvalue weighted by molar-refractivity contribution is 0.143. The van der Waals surface area contributed by atoms with Crippen molar-refractivity contribution in [3.63, 3.8) is 0 Å². The van der Waals surface area contributed by atoms with Gasteiger partial charge in [-0.2, -0.15) is 0 Å². The summed E-state index contributed by atoms with van der Waals surface area (Å²) in [6.45, 7) is 1.40. The molecule has 0 spiro atoms. The molecule has 0 radical (unpaired) electrons. The maximum atomic E-state index is 5.74. The summed E-state index contributed by atoms with van der Waals surface area (Å²) in [6, 6.07) is 8.29. The first-order chi connectivity index (χ1) is 13.7. The molecule has 0 saturated carbocycles. The standard InChI is InChI=1S/C22H26N2O4/c1-25-19-11-15-10-18(16-7-4-8-23-22(16)27-3)24-21(14-6-5-9-28-13-14)17(15)12-20(19)26-2/h4,6-8,11-12,18,21,24H,5,9-10,13H2,1-3H3/t18-,21-/m1/s1. The van der Waals surface area contributed by atoms with Crippen molar-refractivity contribution in [3.05, 3.63) is 58.8 Å². The second kappa shape index (κ2) is 8.20. The summed E-state index contributed by atoms with van der Waals surface area (Å²) in [5.74, 6) is 2.13. The van der Waals surface area contributed by atoms with Crippen LogP contribution in [0.1, 0.15) is 35.2 Å². The van der Waals surface area contributed by atoms with Crippen LogP contribution < -0.4 is 19.5 Å². The van der Waals surface area contributed by atoms with Crippen molar-refractivity contribution >= 4 is 0 Å². The van der Waals surface area contributed by atoms with E-state index in [4.69, 9.17) is 18.9 Å². The molecule has 3 heterocycles. The third-order valence-electron chi connectivity index (χ3n) is 5.43. The van der Waals surface area contributed by atoms with Gasteiger partial charge in [0, 0.05) is 17.8 Å². The van der Waals surface area contributed by atoms with E-state index in [2.05, 4.69) is 34.6 Å². The maximum Gasteiger partial charge on any atom is 0.217 e. The monoisotopic (exact) mass is 382 g/mol. The Morgan fingerprint density at radius 2 is 1.89 bits per heavy atom. The predicted molar refractivity (Wildman–Crippen MR) is 106 cm³/mol. The molecule has 2 aliphatic heterocycles. The number of aromatic nitrogens is 1. The van der Waals surface area contributed by atoms with Gasteiger partial charge in [-0.05, 0) is 47.7 Å². The summed E-state index contributed by atoms with van der Waals surface area (Å²) in [5.41, 5.74) is 4.72. The number of nitrogens with one attached hydrogen (secondary N) is 1. The lowest BCUT2D eigenvalue weighted by Crippen LogP contribution is -2.36. The topological polar surface area (TPSA) is 61.8 Å². The van der Waals surface area contributed by atoms with E-state index in [9.17, 15) is 0 Å². The van der Waals surface area contributed by atoms with Crippen molar-refractivity contribution in [1.29, 1.82) is 0 Å². The van der Waals surface area contributed by atoms with E-state index in [-0.39, 0.29) is 12.1 Å². The van der Waals surface area contributed by atoms with Crippen LogP contribution in [0.15, 0.2) is 42.1 Å². The molecule has 0 bridgehead atoms. The predicted octanol–water partition coefficient (Wildman–Crippen LogP) is 3.38. The molecule has 1 N–H and O–H groups in total. The SMILES string of the molecule is COc1cc2c(cc1OC)[C@@H](C1=CCCOC1)N[C@@H](c1cccnc1OC)C2. The molecular weight excluding hydrogens is 356 g/mol. The zero-order valence-electron chi connectivity index (χ0n) is 16.5. The fourth-order valence-corrected chi connectivity index (χ4v) is 4.08. The molecule has 6 nitrogen and oxygen atoms in total. The van der Waals surface area contributed by atoms with Crippen LogP contribution in [-0.4, -0.2) is 39.5 Å². The Hall–Kier alpha value is -2.57. The summed E-state index contributed by atoms with van der Waals surface area (Å²) in [6.07, 6.45) is 5.77. The highest BCUT2D eigenvalue weighted by molar-refractivity contribution is 5.52. The quantitative estimate of drug-likeness (QED) is 0.800. The first-order valence-corrected chi connectivity index (χ1v) is 9.51. The Morgan fingerprint density at radius 1 is 1.07 bits per heavy atom. The summed E-state index contributed by atoms with van der Waals surface area (Å²) in [4.78, 5) is 4.38. The molecule has 2 atom stereocenters. The van der Waals surface area contributed by atoms with Gasteiger partial charge < -0.3 is 18.9 Å². The molecule has 148 valence electrons. The van der Waals surface area contributed by atoms with Crippen molar-refractivity contribution in [3.8, 4) is 17.4 Å². The van der Waals surface area contributed by atoms with Gasteiger partial charge in [0.25, 0.3) is 0 Å². The van der Waals surface area contributed by atoms with Gasteiger partial charge >= 0.3 is 0 Å². The van der Waals surface area contributed by atoms with Gasteiger partial charge in [-0.25, -0.2) is 4.98 Å². The van der Waals surface area contributed by atoms with Gasteiger partial charge in [-0.3, -0.25) is 5.32 Å². The minimum atomic E-state index is 0.0405. The number of nitrogens with zero attached hydrogens (tertiary/aromatic N) is 1. The number of hydrogen-bond acceptors (Lipinski definition) is 6. The van der Waals surface area contributed by atoms with Crippen LogP contribution in [-0.2, 0) is 11.2 Å². The number of rotatable bonds is 5. The van der Waals surface area contributed by atoms with Gasteiger partial charge in [0.05, 0.1) is 40.6 Å². The molecule has 1 aromatic heterocycles. The number of benzene rings is 1. The lowest BCUT2D eigenvalue weighted by atomic mass is 9.83. The summed E-state index contributed by atoms with van der Waals surface area (Å²) < 4.78 is 22.3. The highest BCUT2D eigenvalue weighted by atomic mass is 16.5. The molecule has 0 fully saturated rings. The molecule has 0 saturated heterocycles. The summed E-state index contributed by atoms with van der Waals surface area (Å²) in [5, 5.41) is 3.79. The van der Waals surface area contributed by atoms with Crippen molar-refractivity contribution in [2.45, 2.75) is 24.9 Å². The van der Waals surface area contributed by atoms with Gasteiger partial charge in [-0.1, -0.05) is 12.1 Å². The fraction of sp³-hybridized carbons (Fsp3) is 0.409. The van der Waals surface area contributed by atoms with Crippen LogP contribution in [0.3, 0.4) is 0 Å². The number of methoxy groups -OCH3 is 3. The molecule has 2 aliphatic rings. The van der Waals surface area contributed by atoms with E-state index in [0.29, 0.717) is 12.5 Å². The summed E-state index contributed by atoms with van der Waals surface area (Å²) in [7, 11) is 5.00. The first-order valence-electron chi connectivity index (χ1n) is 9.51. The Balaban J connectivity index is 1.80. The zero-order valence-corrected chi connectivity index (χ0v) is 16.5. The van der Waals surface area contributed by atoms with Crippen LogP contribution in [0.25, 0.3) is 0 Å². The Kier molecular flexibility index (Phi) is 5.50. The molecule has 0 amide bonds. The van der Waals surface area contributed by atoms with E-state index < -0.39 is 0 Å². The normalized spacial score (nSPS) is 21.5. The van der Waals surface area contributed by atoms with Crippen LogP contribution in [0.4, 0.5) is 0 Å². The molecule has 6 heteroatoms.